The zero-order valence-corrected chi connectivity index (χ0v) is 53.6. The largest absolute Gasteiger partial charge is 0.462 e. The molecule has 80 heavy (non-hydrogen) atoms. The maximum absolute atomic E-state index is 12.9. The van der Waals surface area contributed by atoms with Gasteiger partial charge in [-0.25, -0.2) is 0 Å². The third-order valence-electron chi connectivity index (χ3n) is 15.7. The van der Waals surface area contributed by atoms with E-state index < -0.39 is 6.10 Å². The Morgan fingerprint density at radius 3 is 0.725 bits per heavy atom. The molecule has 6 heteroatoms. The van der Waals surface area contributed by atoms with Crippen LogP contribution in [0.5, 0.6) is 0 Å². The Labute approximate surface area is 498 Å². The van der Waals surface area contributed by atoms with Crippen LogP contribution in [-0.4, -0.2) is 37.2 Å². The number of hydrogen-bond acceptors (Lipinski definition) is 6. The summed E-state index contributed by atoms with van der Waals surface area (Å²) in [5.74, 6) is -0.873. The topological polar surface area (TPSA) is 78.9 Å². The molecule has 0 bridgehead atoms. The molecule has 0 radical (unpaired) electrons. The number of esters is 3. The highest BCUT2D eigenvalue weighted by molar-refractivity contribution is 5.71. The summed E-state index contributed by atoms with van der Waals surface area (Å²) in [5, 5.41) is 0. The van der Waals surface area contributed by atoms with Crippen LogP contribution < -0.4 is 0 Å². The molecule has 0 aliphatic heterocycles. The number of unbranched alkanes of at least 4 members (excludes halogenated alkanes) is 44. The summed E-state index contributed by atoms with van der Waals surface area (Å²) in [5.41, 5.74) is 0. The Morgan fingerprint density at radius 2 is 0.450 bits per heavy atom. The fourth-order valence-corrected chi connectivity index (χ4v) is 10.4. The second-order valence-corrected chi connectivity index (χ2v) is 23.8. The SMILES string of the molecule is CCCCCC/C=C\CCCCCCCC(=O)OCC(COC(=O)CCCCCCCCCCCCCCCCCCCC/C=C\C/C=C\C/C=C\CCCCCCC)OC(=O)CCCCCCC/C=C\CCCCCCCCC. The van der Waals surface area contributed by atoms with Gasteiger partial charge in [0.05, 0.1) is 0 Å². The minimum atomic E-state index is -0.781. The smallest absolute Gasteiger partial charge is 0.306 e. The third-order valence-corrected chi connectivity index (χ3v) is 15.7. The van der Waals surface area contributed by atoms with Gasteiger partial charge in [-0.05, 0) is 109 Å². The molecule has 0 fully saturated rings. The molecule has 1 unspecified atom stereocenters. The van der Waals surface area contributed by atoms with Gasteiger partial charge >= 0.3 is 17.9 Å². The molecule has 0 rings (SSSR count). The lowest BCUT2D eigenvalue weighted by molar-refractivity contribution is -0.167. The molecule has 0 saturated carbocycles. The average molecular weight is 1120 g/mol. The summed E-state index contributed by atoms with van der Waals surface area (Å²) in [6.07, 6.45) is 88.3. The van der Waals surface area contributed by atoms with Gasteiger partial charge in [0.25, 0.3) is 0 Å². The molecule has 0 N–H and O–H groups in total. The maximum atomic E-state index is 12.9. The summed E-state index contributed by atoms with van der Waals surface area (Å²) >= 11 is 0. The Balaban J connectivity index is 4.14. The van der Waals surface area contributed by atoms with Gasteiger partial charge in [0.1, 0.15) is 13.2 Å². The van der Waals surface area contributed by atoms with Crippen molar-refractivity contribution >= 4 is 17.9 Å². The summed E-state index contributed by atoms with van der Waals surface area (Å²) in [4.78, 5) is 38.3. The quantitative estimate of drug-likeness (QED) is 0.0261. The molecule has 0 amide bonds. The lowest BCUT2D eigenvalue weighted by Crippen LogP contribution is -2.30. The van der Waals surface area contributed by atoms with Crippen LogP contribution in [0.3, 0.4) is 0 Å². The van der Waals surface area contributed by atoms with E-state index >= 15 is 0 Å². The molecule has 0 spiro atoms. The van der Waals surface area contributed by atoms with Crippen molar-refractivity contribution in [3.8, 4) is 0 Å². The van der Waals surface area contributed by atoms with Crippen LogP contribution in [0.4, 0.5) is 0 Å². The van der Waals surface area contributed by atoms with Crippen LogP contribution in [0.1, 0.15) is 374 Å². The maximum Gasteiger partial charge on any atom is 0.306 e. The predicted molar refractivity (Wildman–Crippen MR) is 348 cm³/mol. The minimum Gasteiger partial charge on any atom is -0.462 e. The zero-order chi connectivity index (χ0) is 57.8. The Hall–Kier alpha value is -2.89. The Bertz CT molecular complexity index is 1430. The molecule has 0 aromatic heterocycles. The van der Waals surface area contributed by atoms with Gasteiger partial charge in [0.15, 0.2) is 6.10 Å². The number of hydrogen-bond donors (Lipinski definition) is 0. The highest BCUT2D eigenvalue weighted by Crippen LogP contribution is 2.17. The molecule has 0 aliphatic carbocycles. The fourth-order valence-electron chi connectivity index (χ4n) is 10.4. The fraction of sp³-hybridized carbons (Fsp3) is 0.824. The van der Waals surface area contributed by atoms with Gasteiger partial charge < -0.3 is 14.2 Å². The van der Waals surface area contributed by atoms with Crippen LogP contribution in [0.2, 0.25) is 0 Å². The van der Waals surface area contributed by atoms with Crippen LogP contribution in [0, 0.1) is 0 Å². The van der Waals surface area contributed by atoms with Crippen LogP contribution in [-0.2, 0) is 28.6 Å². The van der Waals surface area contributed by atoms with E-state index in [9.17, 15) is 14.4 Å². The number of carbonyl (C=O) groups is 3. The van der Waals surface area contributed by atoms with Crippen molar-refractivity contribution in [3.05, 3.63) is 60.8 Å². The summed E-state index contributed by atoms with van der Waals surface area (Å²) in [7, 11) is 0. The highest BCUT2D eigenvalue weighted by Gasteiger charge is 2.19. The average Bonchev–Trinajstić information content (AvgIpc) is 3.46. The number of carbonyl (C=O) groups excluding carboxylic acids is 3. The predicted octanol–water partition coefficient (Wildman–Crippen LogP) is 24.3. The van der Waals surface area contributed by atoms with E-state index in [1.54, 1.807) is 0 Å². The van der Waals surface area contributed by atoms with E-state index in [4.69, 9.17) is 14.2 Å². The standard InChI is InChI=1S/C74H134O6/c1-4-7-10-13-16-19-22-25-27-29-30-31-32-33-34-35-36-37-38-39-40-41-42-43-44-45-47-49-52-55-58-61-64-67-73(76)79-70-71(69-78-72(75)66-63-60-57-54-51-48-24-21-18-15-12-9-6-3)80-74(77)68-65-62-59-56-53-50-46-28-26-23-20-17-14-11-8-5-2/h21-22,24-25,28-30,32-33,46,71H,4-20,23,26-27,31,34-45,47-70H2,1-3H3/b24-21-,25-22-,30-29-,33-32-,46-28-. The van der Waals surface area contributed by atoms with E-state index in [1.807, 2.05) is 0 Å². The van der Waals surface area contributed by atoms with E-state index in [0.29, 0.717) is 19.3 Å². The van der Waals surface area contributed by atoms with Crippen molar-refractivity contribution in [2.24, 2.45) is 0 Å². The number of ether oxygens (including phenoxy) is 3. The minimum absolute atomic E-state index is 0.0763. The second-order valence-electron chi connectivity index (χ2n) is 23.8. The van der Waals surface area contributed by atoms with Gasteiger partial charge in [-0.1, -0.05) is 306 Å². The van der Waals surface area contributed by atoms with Crippen LogP contribution >= 0.6 is 0 Å². The monoisotopic (exact) mass is 1120 g/mol. The zero-order valence-electron chi connectivity index (χ0n) is 53.6. The van der Waals surface area contributed by atoms with Gasteiger partial charge in [-0.2, -0.15) is 0 Å². The van der Waals surface area contributed by atoms with E-state index in [-0.39, 0.29) is 31.1 Å². The molecular weight excluding hydrogens is 985 g/mol. The molecule has 0 aliphatic rings. The lowest BCUT2D eigenvalue weighted by Gasteiger charge is -2.18. The van der Waals surface area contributed by atoms with E-state index in [1.165, 1.54) is 250 Å². The molecule has 1 atom stereocenters. The third kappa shape index (κ3) is 65.9. The number of allylic oxidation sites excluding steroid dienone is 10. The molecule has 6 nitrogen and oxygen atoms in total. The van der Waals surface area contributed by atoms with Gasteiger partial charge in [0.2, 0.25) is 0 Å². The number of rotatable bonds is 65. The van der Waals surface area contributed by atoms with Crippen molar-refractivity contribution in [2.75, 3.05) is 13.2 Å². The Morgan fingerprint density at radius 1 is 0.250 bits per heavy atom. The van der Waals surface area contributed by atoms with E-state index in [0.717, 1.165) is 83.5 Å². The lowest BCUT2D eigenvalue weighted by atomic mass is 10.0. The normalized spacial score (nSPS) is 12.4. The van der Waals surface area contributed by atoms with Crippen LogP contribution in [0.15, 0.2) is 60.8 Å². The summed E-state index contributed by atoms with van der Waals surface area (Å²) in [6.45, 7) is 6.65. The Kier molecular flexibility index (Phi) is 66.1. The summed E-state index contributed by atoms with van der Waals surface area (Å²) < 4.78 is 16.9. The van der Waals surface area contributed by atoms with Crippen molar-refractivity contribution < 1.29 is 28.6 Å². The van der Waals surface area contributed by atoms with Gasteiger partial charge in [-0.3, -0.25) is 14.4 Å². The second kappa shape index (κ2) is 68.6. The van der Waals surface area contributed by atoms with Crippen molar-refractivity contribution in [1.29, 1.82) is 0 Å². The van der Waals surface area contributed by atoms with E-state index in [2.05, 4.69) is 81.5 Å². The first-order chi connectivity index (χ1) is 39.5. The van der Waals surface area contributed by atoms with Gasteiger partial charge in [0, 0.05) is 19.3 Å². The van der Waals surface area contributed by atoms with Gasteiger partial charge in [-0.15, -0.1) is 0 Å². The molecule has 0 aromatic rings. The first kappa shape index (κ1) is 77.1. The molecule has 0 heterocycles. The molecular formula is C74H134O6. The molecule has 0 saturated heterocycles. The molecule has 0 aromatic carbocycles. The van der Waals surface area contributed by atoms with Crippen molar-refractivity contribution in [1.82, 2.24) is 0 Å². The van der Waals surface area contributed by atoms with Crippen molar-refractivity contribution in [2.45, 2.75) is 380 Å². The first-order valence-corrected chi connectivity index (χ1v) is 35.3. The first-order valence-electron chi connectivity index (χ1n) is 35.3. The van der Waals surface area contributed by atoms with Crippen LogP contribution in [0.25, 0.3) is 0 Å². The highest BCUT2D eigenvalue weighted by atomic mass is 16.6. The molecule has 466 valence electrons. The summed E-state index contributed by atoms with van der Waals surface area (Å²) in [6, 6.07) is 0. The van der Waals surface area contributed by atoms with Crippen molar-refractivity contribution in [3.63, 3.8) is 0 Å².